The first-order valence-corrected chi connectivity index (χ1v) is 9.10. The lowest BCUT2D eigenvalue weighted by Crippen LogP contribution is -2.46. The standard InChI is InChI=1S/C21H23N5O/c1-27-19-9-7-17(8-10-19)24-20-15-21(23-16-22-20)26-13-11-25(12-14-26)18-5-3-2-4-6-18/h2-10,15-16H,11-14H2,1H3,(H,22,23,24). The average Bonchev–Trinajstić information content (AvgIpc) is 2.75. The molecule has 0 spiro atoms. The smallest absolute Gasteiger partial charge is 0.135 e. The quantitative estimate of drug-likeness (QED) is 0.750. The van der Waals surface area contributed by atoms with E-state index in [-0.39, 0.29) is 0 Å². The van der Waals surface area contributed by atoms with Gasteiger partial charge in [-0.3, -0.25) is 0 Å². The topological polar surface area (TPSA) is 53.5 Å². The summed E-state index contributed by atoms with van der Waals surface area (Å²) in [4.78, 5) is 13.5. The van der Waals surface area contributed by atoms with E-state index in [2.05, 4.69) is 55.4 Å². The number of ether oxygens (including phenoxy) is 1. The van der Waals surface area contributed by atoms with Gasteiger partial charge in [-0.15, -0.1) is 0 Å². The van der Waals surface area contributed by atoms with Crippen LogP contribution in [0.4, 0.5) is 23.0 Å². The third-order valence-corrected chi connectivity index (χ3v) is 4.74. The number of aromatic nitrogens is 2. The second-order valence-corrected chi connectivity index (χ2v) is 6.42. The predicted molar refractivity (Wildman–Crippen MR) is 109 cm³/mol. The van der Waals surface area contributed by atoms with Crippen LogP contribution in [0.5, 0.6) is 5.75 Å². The van der Waals surface area contributed by atoms with Crippen LogP contribution in [0.15, 0.2) is 67.0 Å². The van der Waals surface area contributed by atoms with Gasteiger partial charge in [0, 0.05) is 43.6 Å². The van der Waals surface area contributed by atoms with E-state index in [1.54, 1.807) is 13.4 Å². The van der Waals surface area contributed by atoms with Gasteiger partial charge in [-0.2, -0.15) is 0 Å². The average molecular weight is 361 g/mol. The summed E-state index contributed by atoms with van der Waals surface area (Å²) < 4.78 is 5.19. The van der Waals surface area contributed by atoms with Crippen molar-refractivity contribution in [1.82, 2.24) is 9.97 Å². The van der Waals surface area contributed by atoms with Gasteiger partial charge in [0.15, 0.2) is 0 Å². The summed E-state index contributed by atoms with van der Waals surface area (Å²) in [5.41, 5.74) is 2.25. The van der Waals surface area contributed by atoms with E-state index in [0.717, 1.165) is 49.3 Å². The molecule has 0 bridgehead atoms. The van der Waals surface area contributed by atoms with Crippen molar-refractivity contribution in [3.63, 3.8) is 0 Å². The number of hydrogen-bond donors (Lipinski definition) is 1. The number of para-hydroxylation sites is 1. The first-order chi connectivity index (χ1) is 13.3. The summed E-state index contributed by atoms with van der Waals surface area (Å²) in [5, 5.41) is 3.33. The first kappa shape index (κ1) is 17.1. The molecule has 1 aromatic heterocycles. The van der Waals surface area contributed by atoms with Crippen LogP contribution in [0, 0.1) is 0 Å². The Labute approximate surface area is 159 Å². The van der Waals surface area contributed by atoms with Crippen molar-refractivity contribution < 1.29 is 4.74 Å². The Kier molecular flexibility index (Phi) is 5.05. The molecule has 4 rings (SSSR count). The Bertz CT molecular complexity index is 861. The molecular weight excluding hydrogens is 338 g/mol. The van der Waals surface area contributed by atoms with E-state index in [1.165, 1.54) is 5.69 Å². The molecule has 27 heavy (non-hydrogen) atoms. The Morgan fingerprint density at radius 3 is 2.26 bits per heavy atom. The van der Waals surface area contributed by atoms with Gasteiger partial charge in [-0.05, 0) is 36.4 Å². The van der Waals surface area contributed by atoms with Crippen molar-refractivity contribution in [3.05, 3.63) is 67.0 Å². The molecule has 1 saturated heterocycles. The van der Waals surface area contributed by atoms with E-state index in [4.69, 9.17) is 4.74 Å². The molecule has 0 aliphatic carbocycles. The minimum absolute atomic E-state index is 0.788. The monoisotopic (exact) mass is 361 g/mol. The second-order valence-electron chi connectivity index (χ2n) is 6.42. The number of benzene rings is 2. The van der Waals surface area contributed by atoms with Gasteiger partial charge in [0.2, 0.25) is 0 Å². The molecule has 0 radical (unpaired) electrons. The molecule has 6 heteroatoms. The molecule has 0 saturated carbocycles. The number of piperazine rings is 1. The Hall–Kier alpha value is -3.28. The zero-order chi connectivity index (χ0) is 18.5. The molecule has 1 N–H and O–H groups in total. The largest absolute Gasteiger partial charge is 0.497 e. The number of anilines is 4. The number of nitrogens with one attached hydrogen (secondary N) is 1. The van der Waals surface area contributed by atoms with Gasteiger partial charge in [0.1, 0.15) is 23.7 Å². The van der Waals surface area contributed by atoms with Crippen LogP contribution in [-0.2, 0) is 0 Å². The first-order valence-electron chi connectivity index (χ1n) is 9.10. The molecule has 138 valence electrons. The van der Waals surface area contributed by atoms with Crippen LogP contribution >= 0.6 is 0 Å². The maximum Gasteiger partial charge on any atom is 0.135 e. The van der Waals surface area contributed by atoms with Gasteiger partial charge in [0.25, 0.3) is 0 Å². The maximum atomic E-state index is 5.19. The molecule has 6 nitrogen and oxygen atoms in total. The molecule has 0 unspecified atom stereocenters. The van der Waals surface area contributed by atoms with Crippen molar-refractivity contribution >= 4 is 23.0 Å². The van der Waals surface area contributed by atoms with E-state index in [1.807, 2.05) is 30.3 Å². The number of methoxy groups -OCH3 is 1. The fraction of sp³-hybridized carbons (Fsp3) is 0.238. The Morgan fingerprint density at radius 1 is 0.852 bits per heavy atom. The van der Waals surface area contributed by atoms with E-state index in [0.29, 0.717) is 0 Å². The third-order valence-electron chi connectivity index (χ3n) is 4.74. The predicted octanol–water partition coefficient (Wildman–Crippen LogP) is 3.56. The van der Waals surface area contributed by atoms with Gasteiger partial charge in [-0.25, -0.2) is 9.97 Å². The Morgan fingerprint density at radius 2 is 1.56 bits per heavy atom. The van der Waals surface area contributed by atoms with Gasteiger partial charge in [0.05, 0.1) is 7.11 Å². The normalized spacial score (nSPS) is 14.1. The summed E-state index contributed by atoms with van der Waals surface area (Å²) in [7, 11) is 1.66. The molecular formula is C21H23N5O. The van der Waals surface area contributed by atoms with E-state index < -0.39 is 0 Å². The van der Waals surface area contributed by atoms with Crippen molar-refractivity contribution in [2.24, 2.45) is 0 Å². The molecule has 0 atom stereocenters. The van der Waals surface area contributed by atoms with Crippen LogP contribution in [-0.4, -0.2) is 43.3 Å². The third kappa shape index (κ3) is 4.11. The number of rotatable bonds is 5. The molecule has 2 heterocycles. The lowest BCUT2D eigenvalue weighted by molar-refractivity contribution is 0.415. The lowest BCUT2D eigenvalue weighted by Gasteiger charge is -2.36. The zero-order valence-corrected chi connectivity index (χ0v) is 15.4. The zero-order valence-electron chi connectivity index (χ0n) is 15.4. The molecule has 1 fully saturated rings. The summed E-state index contributed by atoms with van der Waals surface area (Å²) in [6.45, 7) is 3.84. The highest BCUT2D eigenvalue weighted by molar-refractivity contribution is 5.60. The van der Waals surface area contributed by atoms with Gasteiger partial charge >= 0.3 is 0 Å². The SMILES string of the molecule is COc1ccc(Nc2cc(N3CCN(c4ccccc4)CC3)ncn2)cc1. The van der Waals surface area contributed by atoms with Crippen LogP contribution in [0.25, 0.3) is 0 Å². The van der Waals surface area contributed by atoms with Crippen LogP contribution in [0.2, 0.25) is 0 Å². The van der Waals surface area contributed by atoms with E-state index in [9.17, 15) is 0 Å². The van der Waals surface area contributed by atoms with Gasteiger partial charge in [-0.1, -0.05) is 18.2 Å². The maximum absolute atomic E-state index is 5.19. The van der Waals surface area contributed by atoms with Crippen molar-refractivity contribution in [2.45, 2.75) is 0 Å². The van der Waals surface area contributed by atoms with E-state index >= 15 is 0 Å². The summed E-state index contributed by atoms with van der Waals surface area (Å²) in [6.07, 6.45) is 1.62. The molecule has 2 aromatic carbocycles. The molecule has 3 aromatic rings. The number of nitrogens with zero attached hydrogens (tertiary/aromatic N) is 4. The highest BCUT2D eigenvalue weighted by atomic mass is 16.5. The summed E-state index contributed by atoms with van der Waals surface area (Å²) in [6, 6.07) is 20.3. The van der Waals surface area contributed by atoms with Crippen molar-refractivity contribution in [2.75, 3.05) is 48.4 Å². The highest BCUT2D eigenvalue weighted by Gasteiger charge is 2.18. The fourth-order valence-corrected chi connectivity index (χ4v) is 3.24. The van der Waals surface area contributed by atoms with Crippen LogP contribution < -0.4 is 19.9 Å². The summed E-state index contributed by atoms with van der Waals surface area (Å²) in [5.74, 6) is 2.57. The van der Waals surface area contributed by atoms with Crippen LogP contribution in [0.1, 0.15) is 0 Å². The van der Waals surface area contributed by atoms with Gasteiger partial charge < -0.3 is 19.9 Å². The fourth-order valence-electron chi connectivity index (χ4n) is 3.24. The lowest BCUT2D eigenvalue weighted by atomic mass is 10.2. The Balaban J connectivity index is 1.40. The minimum atomic E-state index is 0.788. The molecule has 1 aliphatic heterocycles. The highest BCUT2D eigenvalue weighted by Crippen LogP contribution is 2.23. The molecule has 0 amide bonds. The molecule has 1 aliphatic rings. The summed E-state index contributed by atoms with van der Waals surface area (Å²) >= 11 is 0. The minimum Gasteiger partial charge on any atom is -0.497 e. The van der Waals surface area contributed by atoms with Crippen molar-refractivity contribution in [1.29, 1.82) is 0 Å². The second kappa shape index (κ2) is 7.95. The van der Waals surface area contributed by atoms with Crippen LogP contribution in [0.3, 0.4) is 0 Å². The number of hydrogen-bond acceptors (Lipinski definition) is 6. The van der Waals surface area contributed by atoms with Crippen molar-refractivity contribution in [3.8, 4) is 5.75 Å².